The Kier molecular flexibility index (Phi) is 5.85. The van der Waals surface area contributed by atoms with Crippen LogP contribution in [0.1, 0.15) is 17.7 Å². The Balaban J connectivity index is 1.48. The number of carbonyl (C=O) groups excluding carboxylic acids is 1. The standard InChI is InChI=1S/C19H20N4OS/c1-23(13-8-15-4-9-20-10-5-15)18(24)3-2-17-14-25-19(22-17)16-6-11-21-12-7-16/h4-7,9-12,14H,2-3,8,13H2,1H3. The van der Waals surface area contributed by atoms with E-state index < -0.39 is 0 Å². The first kappa shape index (κ1) is 17.2. The lowest BCUT2D eigenvalue weighted by atomic mass is 10.2. The van der Waals surface area contributed by atoms with Crippen molar-refractivity contribution in [2.45, 2.75) is 19.3 Å². The Morgan fingerprint density at radius 2 is 1.72 bits per heavy atom. The number of rotatable bonds is 7. The molecule has 5 nitrogen and oxygen atoms in total. The molecule has 0 bridgehead atoms. The highest BCUT2D eigenvalue weighted by molar-refractivity contribution is 7.13. The Bertz CT molecular complexity index is 805. The van der Waals surface area contributed by atoms with Crippen LogP contribution in [0.3, 0.4) is 0 Å². The molecule has 0 aromatic carbocycles. The van der Waals surface area contributed by atoms with E-state index in [0.717, 1.165) is 22.7 Å². The van der Waals surface area contributed by atoms with Gasteiger partial charge in [0.05, 0.1) is 5.69 Å². The van der Waals surface area contributed by atoms with Gasteiger partial charge in [-0.15, -0.1) is 11.3 Å². The summed E-state index contributed by atoms with van der Waals surface area (Å²) >= 11 is 1.60. The minimum Gasteiger partial charge on any atom is -0.345 e. The first-order valence-electron chi connectivity index (χ1n) is 8.20. The third-order valence-electron chi connectivity index (χ3n) is 3.99. The highest BCUT2D eigenvalue weighted by Crippen LogP contribution is 2.23. The van der Waals surface area contributed by atoms with Gasteiger partial charge in [0.25, 0.3) is 0 Å². The number of aromatic nitrogens is 3. The van der Waals surface area contributed by atoms with Crippen molar-refractivity contribution in [1.29, 1.82) is 0 Å². The molecular weight excluding hydrogens is 332 g/mol. The molecule has 3 aromatic rings. The summed E-state index contributed by atoms with van der Waals surface area (Å²) in [4.78, 5) is 26.7. The van der Waals surface area contributed by atoms with E-state index in [0.29, 0.717) is 19.4 Å². The Morgan fingerprint density at radius 1 is 1.04 bits per heavy atom. The molecule has 0 aliphatic carbocycles. The number of amides is 1. The molecule has 0 saturated carbocycles. The van der Waals surface area contributed by atoms with Crippen LogP contribution in [0.5, 0.6) is 0 Å². The molecule has 0 aliphatic rings. The summed E-state index contributed by atoms with van der Waals surface area (Å²) in [6.07, 6.45) is 9.06. The van der Waals surface area contributed by atoms with Gasteiger partial charge in [0.15, 0.2) is 0 Å². The fourth-order valence-corrected chi connectivity index (χ4v) is 3.31. The normalized spacial score (nSPS) is 10.6. The average molecular weight is 352 g/mol. The molecule has 0 spiro atoms. The van der Waals surface area contributed by atoms with E-state index in [1.165, 1.54) is 5.56 Å². The van der Waals surface area contributed by atoms with Crippen LogP contribution in [0.15, 0.2) is 54.4 Å². The van der Waals surface area contributed by atoms with Gasteiger partial charge in [-0.05, 0) is 42.7 Å². The first-order chi connectivity index (χ1) is 12.2. The molecule has 3 heterocycles. The van der Waals surface area contributed by atoms with Crippen LogP contribution < -0.4 is 0 Å². The van der Waals surface area contributed by atoms with Gasteiger partial charge in [0, 0.05) is 55.7 Å². The molecule has 0 aliphatic heterocycles. The Morgan fingerprint density at radius 3 is 2.44 bits per heavy atom. The second-order valence-electron chi connectivity index (χ2n) is 5.80. The summed E-state index contributed by atoms with van der Waals surface area (Å²) in [5, 5.41) is 3.00. The van der Waals surface area contributed by atoms with Gasteiger partial charge in [0.1, 0.15) is 5.01 Å². The van der Waals surface area contributed by atoms with Gasteiger partial charge in [-0.1, -0.05) is 0 Å². The lowest BCUT2D eigenvalue weighted by molar-refractivity contribution is -0.129. The van der Waals surface area contributed by atoms with Crippen molar-refractivity contribution in [2.24, 2.45) is 0 Å². The predicted molar refractivity (Wildman–Crippen MR) is 99.2 cm³/mol. The molecule has 6 heteroatoms. The molecule has 3 aromatic heterocycles. The number of nitrogens with zero attached hydrogens (tertiary/aromatic N) is 4. The second-order valence-corrected chi connectivity index (χ2v) is 6.66. The minimum absolute atomic E-state index is 0.146. The number of hydrogen-bond donors (Lipinski definition) is 0. The lowest BCUT2D eigenvalue weighted by Gasteiger charge is -2.16. The molecule has 0 radical (unpaired) electrons. The maximum Gasteiger partial charge on any atom is 0.222 e. The van der Waals surface area contributed by atoms with Crippen LogP contribution in [0.2, 0.25) is 0 Å². The first-order valence-corrected chi connectivity index (χ1v) is 9.08. The summed E-state index contributed by atoms with van der Waals surface area (Å²) in [5.41, 5.74) is 3.22. The van der Waals surface area contributed by atoms with E-state index in [9.17, 15) is 4.79 Å². The SMILES string of the molecule is CN(CCc1ccncc1)C(=O)CCc1csc(-c2ccncc2)n1. The van der Waals surface area contributed by atoms with Crippen molar-refractivity contribution in [2.75, 3.05) is 13.6 Å². The zero-order chi connectivity index (χ0) is 17.5. The fraction of sp³-hybridized carbons (Fsp3) is 0.263. The lowest BCUT2D eigenvalue weighted by Crippen LogP contribution is -2.29. The summed E-state index contributed by atoms with van der Waals surface area (Å²) < 4.78 is 0. The number of likely N-dealkylation sites (N-methyl/N-ethyl adjacent to an activating group) is 1. The maximum absolute atomic E-state index is 12.3. The summed E-state index contributed by atoms with van der Waals surface area (Å²) in [6, 6.07) is 7.85. The van der Waals surface area contributed by atoms with E-state index in [4.69, 9.17) is 0 Å². The third-order valence-corrected chi connectivity index (χ3v) is 4.93. The molecule has 0 fully saturated rings. The van der Waals surface area contributed by atoms with Crippen molar-refractivity contribution in [3.63, 3.8) is 0 Å². The van der Waals surface area contributed by atoms with Crippen LogP contribution in [0, 0.1) is 0 Å². The molecule has 0 N–H and O–H groups in total. The molecule has 1 amide bonds. The number of hydrogen-bond acceptors (Lipinski definition) is 5. The second kappa shape index (κ2) is 8.48. The van der Waals surface area contributed by atoms with Crippen molar-refractivity contribution >= 4 is 17.2 Å². The van der Waals surface area contributed by atoms with Gasteiger partial charge < -0.3 is 4.90 Å². The molecule has 3 rings (SSSR count). The zero-order valence-corrected chi connectivity index (χ0v) is 14.9. The van der Waals surface area contributed by atoms with Gasteiger partial charge in [-0.3, -0.25) is 14.8 Å². The minimum atomic E-state index is 0.146. The fourth-order valence-electron chi connectivity index (χ4n) is 2.45. The topological polar surface area (TPSA) is 59.0 Å². The third kappa shape index (κ3) is 4.93. The van der Waals surface area contributed by atoms with Gasteiger partial charge in [0.2, 0.25) is 5.91 Å². The molecule has 25 heavy (non-hydrogen) atoms. The van der Waals surface area contributed by atoms with Gasteiger partial charge >= 0.3 is 0 Å². The van der Waals surface area contributed by atoms with Gasteiger partial charge in [-0.25, -0.2) is 4.98 Å². The van der Waals surface area contributed by atoms with Crippen LogP contribution >= 0.6 is 11.3 Å². The molecule has 0 atom stereocenters. The molecule has 0 unspecified atom stereocenters. The van der Waals surface area contributed by atoms with Crippen molar-refractivity contribution in [3.05, 3.63) is 65.7 Å². The van der Waals surface area contributed by atoms with Crippen molar-refractivity contribution < 1.29 is 4.79 Å². The number of aryl methyl sites for hydroxylation is 1. The van der Waals surface area contributed by atoms with Gasteiger partial charge in [-0.2, -0.15) is 0 Å². The highest BCUT2D eigenvalue weighted by atomic mass is 32.1. The summed E-state index contributed by atoms with van der Waals surface area (Å²) in [7, 11) is 1.85. The van der Waals surface area contributed by atoms with Crippen LogP contribution in [-0.4, -0.2) is 39.4 Å². The molecular formula is C19H20N4OS. The Labute approximate surface area is 151 Å². The van der Waals surface area contributed by atoms with Crippen LogP contribution in [0.4, 0.5) is 0 Å². The highest BCUT2D eigenvalue weighted by Gasteiger charge is 2.11. The van der Waals surface area contributed by atoms with Crippen molar-refractivity contribution in [3.8, 4) is 10.6 Å². The molecule has 0 saturated heterocycles. The Hall–Kier alpha value is -2.60. The number of pyridine rings is 2. The molecule has 128 valence electrons. The van der Waals surface area contributed by atoms with Crippen LogP contribution in [-0.2, 0) is 17.6 Å². The van der Waals surface area contributed by atoms with E-state index in [1.54, 1.807) is 41.0 Å². The van der Waals surface area contributed by atoms with E-state index >= 15 is 0 Å². The predicted octanol–water partition coefficient (Wildman–Crippen LogP) is 3.23. The van der Waals surface area contributed by atoms with E-state index in [-0.39, 0.29) is 5.91 Å². The average Bonchev–Trinajstić information content (AvgIpc) is 3.15. The quantitative estimate of drug-likeness (QED) is 0.655. The number of carbonyl (C=O) groups is 1. The van der Waals surface area contributed by atoms with E-state index in [2.05, 4.69) is 15.0 Å². The van der Waals surface area contributed by atoms with Crippen molar-refractivity contribution in [1.82, 2.24) is 19.9 Å². The smallest absolute Gasteiger partial charge is 0.222 e. The summed E-state index contributed by atoms with van der Waals surface area (Å²) in [6.45, 7) is 0.710. The largest absolute Gasteiger partial charge is 0.345 e. The zero-order valence-electron chi connectivity index (χ0n) is 14.1. The monoisotopic (exact) mass is 352 g/mol. The number of thiazole rings is 1. The van der Waals surface area contributed by atoms with E-state index in [1.807, 2.05) is 36.7 Å². The summed E-state index contributed by atoms with van der Waals surface area (Å²) in [5.74, 6) is 0.146. The van der Waals surface area contributed by atoms with Crippen LogP contribution in [0.25, 0.3) is 10.6 Å². The maximum atomic E-state index is 12.3.